The maximum absolute atomic E-state index is 10.4. The number of aliphatic hydroxyl groups excluding tert-OH is 4. The maximum atomic E-state index is 10.4. The zero-order chi connectivity index (χ0) is 22.8. The van der Waals surface area contributed by atoms with Crippen molar-refractivity contribution >= 4 is 0 Å². The van der Waals surface area contributed by atoms with Gasteiger partial charge in [0.1, 0.15) is 30.5 Å². The molecule has 2 aromatic rings. The number of nitrogens with zero attached hydrogens (tertiary/aromatic N) is 1. The van der Waals surface area contributed by atoms with Gasteiger partial charge in [0.2, 0.25) is 0 Å². The Balaban J connectivity index is 1.85. The predicted molar refractivity (Wildman–Crippen MR) is 113 cm³/mol. The molecule has 1 aliphatic heterocycles. The van der Waals surface area contributed by atoms with E-state index in [1.165, 1.54) is 0 Å². The van der Waals surface area contributed by atoms with Crippen LogP contribution in [-0.2, 0) is 17.6 Å². The summed E-state index contributed by atoms with van der Waals surface area (Å²) in [5, 5.41) is 59.4. The van der Waals surface area contributed by atoms with Crippen molar-refractivity contribution < 1.29 is 30.3 Å². The summed E-state index contributed by atoms with van der Waals surface area (Å²) in [6.45, 7) is 3.01. The van der Waals surface area contributed by atoms with Crippen LogP contribution in [0.2, 0.25) is 0 Å². The fourth-order valence-corrected chi connectivity index (χ4v) is 3.92. The van der Waals surface area contributed by atoms with Crippen LogP contribution in [0.1, 0.15) is 47.8 Å². The first kappa shape index (κ1) is 23.4. The summed E-state index contributed by atoms with van der Waals surface area (Å²) in [5.41, 5.74) is 2.94. The molecule has 0 radical (unpaired) electrons. The van der Waals surface area contributed by atoms with Crippen LogP contribution in [0.3, 0.4) is 0 Å². The second-order valence-corrected chi connectivity index (χ2v) is 8.76. The van der Waals surface area contributed by atoms with E-state index in [0.717, 1.165) is 16.7 Å². The predicted octanol–water partition coefficient (Wildman–Crippen LogP) is 0.977. The van der Waals surface area contributed by atoms with Gasteiger partial charge in [-0.3, -0.25) is 0 Å². The lowest BCUT2D eigenvalue weighted by Gasteiger charge is -2.40. The molecular formula is C24H29NO6. The Kier molecular flexibility index (Phi) is 7.12. The summed E-state index contributed by atoms with van der Waals surface area (Å²) in [4.78, 5) is 0. The number of aliphatic hydroxyl groups is 5. The van der Waals surface area contributed by atoms with Gasteiger partial charge in [-0.05, 0) is 48.6 Å². The molecule has 5 atom stereocenters. The molecule has 0 aliphatic carbocycles. The number of nitriles is 1. The first-order chi connectivity index (χ1) is 14.6. The molecule has 0 bridgehead atoms. The molecule has 3 unspecified atom stereocenters. The minimum Gasteiger partial charge on any atom is -0.394 e. The summed E-state index contributed by atoms with van der Waals surface area (Å²) >= 11 is 0. The molecule has 7 heteroatoms. The van der Waals surface area contributed by atoms with Gasteiger partial charge in [-0.25, -0.2) is 0 Å². The zero-order valence-corrected chi connectivity index (χ0v) is 17.6. The van der Waals surface area contributed by atoms with Crippen molar-refractivity contribution in [3.63, 3.8) is 0 Å². The smallest absolute Gasteiger partial charge is 0.113 e. The first-order valence-corrected chi connectivity index (χ1v) is 10.3. The van der Waals surface area contributed by atoms with Crippen LogP contribution < -0.4 is 0 Å². The molecule has 2 aromatic carbocycles. The molecule has 166 valence electrons. The Morgan fingerprint density at radius 3 is 2.19 bits per heavy atom. The van der Waals surface area contributed by atoms with Crippen molar-refractivity contribution in [2.24, 2.45) is 0 Å². The van der Waals surface area contributed by atoms with Crippen LogP contribution >= 0.6 is 0 Å². The summed E-state index contributed by atoms with van der Waals surface area (Å²) < 4.78 is 5.64. The van der Waals surface area contributed by atoms with Crippen LogP contribution in [-0.4, -0.2) is 62.2 Å². The molecule has 3 rings (SSSR count). The monoisotopic (exact) mass is 427 g/mol. The number of benzene rings is 2. The van der Waals surface area contributed by atoms with E-state index in [2.05, 4.69) is 6.07 Å². The molecular weight excluding hydrogens is 398 g/mol. The third-order valence-corrected chi connectivity index (χ3v) is 5.52. The number of hydrogen-bond acceptors (Lipinski definition) is 7. The Labute approximate surface area is 181 Å². The second kappa shape index (κ2) is 9.45. The van der Waals surface area contributed by atoms with E-state index in [9.17, 15) is 30.8 Å². The maximum Gasteiger partial charge on any atom is 0.113 e. The summed E-state index contributed by atoms with van der Waals surface area (Å²) in [6, 6.07) is 15.0. The van der Waals surface area contributed by atoms with Crippen LogP contribution in [0.4, 0.5) is 0 Å². The number of rotatable bonds is 6. The van der Waals surface area contributed by atoms with Gasteiger partial charge in [0, 0.05) is 6.42 Å². The van der Waals surface area contributed by atoms with E-state index < -0.39 is 42.7 Å². The van der Waals surface area contributed by atoms with E-state index in [1.54, 1.807) is 32.0 Å². The van der Waals surface area contributed by atoms with Crippen molar-refractivity contribution in [2.75, 3.05) is 6.61 Å². The van der Waals surface area contributed by atoms with Crippen molar-refractivity contribution in [3.05, 3.63) is 70.3 Å². The zero-order valence-electron chi connectivity index (χ0n) is 17.6. The van der Waals surface area contributed by atoms with Crippen molar-refractivity contribution in [2.45, 2.75) is 62.8 Å². The minimum absolute atomic E-state index is 0.469. The van der Waals surface area contributed by atoms with Crippen LogP contribution in [0.15, 0.2) is 42.5 Å². The molecule has 1 aliphatic rings. The Morgan fingerprint density at radius 2 is 1.61 bits per heavy atom. The molecule has 31 heavy (non-hydrogen) atoms. The lowest BCUT2D eigenvalue weighted by molar-refractivity contribution is -0.231. The molecule has 5 N–H and O–H groups in total. The topological polar surface area (TPSA) is 134 Å². The fraction of sp³-hybridized carbons (Fsp3) is 0.458. The van der Waals surface area contributed by atoms with Gasteiger partial charge in [-0.15, -0.1) is 0 Å². The standard InChI is InChI=1S/C24H29NO6/c1-24(2,30)11-15-5-3-14(4-6-15)9-18-10-16(7-8-17(18)12-25)23-22(29)21(28)20(27)19(13-26)31-23/h3-8,10,19-23,26-30H,9,11,13H2,1-2H3/t19-,20?,21?,22?,23+/m1/s1. The van der Waals surface area contributed by atoms with Crippen molar-refractivity contribution in [1.82, 2.24) is 0 Å². The normalized spacial score (nSPS) is 26.5. The SMILES string of the molecule is CC(C)(O)Cc1ccc(Cc2cc([C@@H]3O[C@H](CO)C(O)C(O)C3O)ccc2C#N)cc1. The quantitative estimate of drug-likeness (QED) is 0.464. The number of ether oxygens (including phenoxy) is 1. The summed E-state index contributed by atoms with van der Waals surface area (Å²) in [7, 11) is 0. The number of hydrogen-bond donors (Lipinski definition) is 5. The van der Waals surface area contributed by atoms with E-state index in [0.29, 0.717) is 24.0 Å². The molecule has 0 saturated carbocycles. The van der Waals surface area contributed by atoms with Gasteiger partial charge < -0.3 is 30.3 Å². The highest BCUT2D eigenvalue weighted by molar-refractivity contribution is 5.44. The average Bonchev–Trinajstić information content (AvgIpc) is 2.73. The average molecular weight is 427 g/mol. The van der Waals surface area contributed by atoms with E-state index in [-0.39, 0.29) is 0 Å². The largest absolute Gasteiger partial charge is 0.394 e. The molecule has 1 saturated heterocycles. The Morgan fingerprint density at radius 1 is 0.968 bits per heavy atom. The van der Waals surface area contributed by atoms with Crippen molar-refractivity contribution in [3.8, 4) is 6.07 Å². The van der Waals surface area contributed by atoms with Gasteiger partial charge in [-0.1, -0.05) is 36.4 Å². The first-order valence-electron chi connectivity index (χ1n) is 10.3. The Hall–Kier alpha value is -2.31. The molecule has 1 heterocycles. The molecule has 0 spiro atoms. The Bertz CT molecular complexity index is 929. The second-order valence-electron chi connectivity index (χ2n) is 8.76. The minimum atomic E-state index is -1.46. The van der Waals surface area contributed by atoms with Crippen LogP contribution in [0, 0.1) is 11.3 Å². The van der Waals surface area contributed by atoms with Gasteiger partial charge in [0.15, 0.2) is 0 Å². The lowest BCUT2D eigenvalue weighted by Crippen LogP contribution is -2.55. The third-order valence-electron chi connectivity index (χ3n) is 5.52. The van der Waals surface area contributed by atoms with Gasteiger partial charge in [-0.2, -0.15) is 5.26 Å². The molecule has 7 nitrogen and oxygen atoms in total. The van der Waals surface area contributed by atoms with Gasteiger partial charge in [0.25, 0.3) is 0 Å². The van der Waals surface area contributed by atoms with E-state index in [4.69, 9.17) is 4.74 Å². The molecule has 0 aromatic heterocycles. The third kappa shape index (κ3) is 5.49. The fourth-order valence-electron chi connectivity index (χ4n) is 3.92. The molecule has 1 fully saturated rings. The highest BCUT2D eigenvalue weighted by Crippen LogP contribution is 2.33. The van der Waals surface area contributed by atoms with E-state index >= 15 is 0 Å². The highest BCUT2D eigenvalue weighted by atomic mass is 16.5. The van der Waals surface area contributed by atoms with Gasteiger partial charge >= 0.3 is 0 Å². The highest BCUT2D eigenvalue weighted by Gasteiger charge is 2.44. The summed E-state index contributed by atoms with van der Waals surface area (Å²) in [6.07, 6.45) is -5.20. The molecule has 0 amide bonds. The lowest BCUT2D eigenvalue weighted by atomic mass is 9.89. The summed E-state index contributed by atoms with van der Waals surface area (Å²) in [5.74, 6) is 0. The van der Waals surface area contributed by atoms with Crippen LogP contribution in [0.25, 0.3) is 0 Å². The van der Waals surface area contributed by atoms with Gasteiger partial charge in [0.05, 0.1) is 23.8 Å². The van der Waals surface area contributed by atoms with Crippen LogP contribution in [0.5, 0.6) is 0 Å². The van der Waals surface area contributed by atoms with Crippen molar-refractivity contribution in [1.29, 1.82) is 5.26 Å². The van der Waals surface area contributed by atoms with E-state index in [1.807, 2.05) is 24.3 Å².